The molecule has 1 unspecified atom stereocenters. The summed E-state index contributed by atoms with van der Waals surface area (Å²) in [6, 6.07) is 21.2. The number of nitrogens with zero attached hydrogens (tertiary/aromatic N) is 1. The van der Waals surface area contributed by atoms with E-state index in [-0.39, 0.29) is 24.0 Å². The predicted octanol–water partition coefficient (Wildman–Crippen LogP) is 4.07. The molecule has 1 aliphatic rings. The second-order valence-electron chi connectivity index (χ2n) is 7.23. The molecule has 1 heterocycles. The summed E-state index contributed by atoms with van der Waals surface area (Å²) in [6.07, 6.45) is 0.537. The number of amides is 1. The normalized spacial score (nSPS) is 16.7. The van der Waals surface area contributed by atoms with E-state index in [9.17, 15) is 14.7 Å². The molecular weight excluding hydrogens is 366 g/mol. The fourth-order valence-electron chi connectivity index (χ4n) is 3.94. The Bertz CT molecular complexity index is 1040. The summed E-state index contributed by atoms with van der Waals surface area (Å²) in [6.45, 7) is 1.55. The molecule has 1 saturated heterocycles. The molecule has 4 rings (SSSR count). The van der Waals surface area contributed by atoms with Crippen LogP contribution in [0.2, 0.25) is 0 Å². The number of ether oxygens (including phenoxy) is 1. The summed E-state index contributed by atoms with van der Waals surface area (Å²) >= 11 is 0. The van der Waals surface area contributed by atoms with Crippen LogP contribution < -0.4 is 0 Å². The van der Waals surface area contributed by atoms with E-state index < -0.39 is 5.97 Å². The summed E-state index contributed by atoms with van der Waals surface area (Å²) in [7, 11) is 0. The third kappa shape index (κ3) is 4.15. The standard InChI is InChI=1S/C24H23NO4/c26-23(13-12-18-7-2-4-10-20(18)24(27)28)25-14-15-29-22(16-25)21-11-5-8-17-6-1-3-9-19(17)21/h1-11,22H,12-16H2,(H,27,28). The van der Waals surface area contributed by atoms with Gasteiger partial charge < -0.3 is 14.7 Å². The van der Waals surface area contributed by atoms with Gasteiger partial charge in [0, 0.05) is 13.0 Å². The summed E-state index contributed by atoms with van der Waals surface area (Å²) in [5, 5.41) is 11.6. The number of carbonyl (C=O) groups excluding carboxylic acids is 1. The SMILES string of the molecule is O=C(O)c1ccccc1CCC(=O)N1CCOC(c2cccc3ccccc23)C1. The molecule has 1 aliphatic heterocycles. The number of carbonyl (C=O) groups is 2. The van der Waals surface area contributed by atoms with Gasteiger partial charge in [-0.3, -0.25) is 4.79 Å². The number of carboxylic acid groups (broad SMARTS) is 1. The fraction of sp³-hybridized carbons (Fsp3) is 0.250. The van der Waals surface area contributed by atoms with Crippen LogP contribution in [0, 0.1) is 0 Å². The van der Waals surface area contributed by atoms with Crippen LogP contribution in [0.25, 0.3) is 10.8 Å². The van der Waals surface area contributed by atoms with Crippen molar-refractivity contribution in [1.82, 2.24) is 4.90 Å². The topological polar surface area (TPSA) is 66.8 Å². The van der Waals surface area contributed by atoms with Gasteiger partial charge in [0.1, 0.15) is 6.10 Å². The molecule has 0 spiro atoms. The second-order valence-corrected chi connectivity index (χ2v) is 7.23. The van der Waals surface area contributed by atoms with Crippen LogP contribution in [-0.2, 0) is 16.0 Å². The number of fused-ring (bicyclic) bond motifs is 1. The lowest BCUT2D eigenvalue weighted by Crippen LogP contribution is -2.42. The van der Waals surface area contributed by atoms with Crippen molar-refractivity contribution >= 4 is 22.6 Å². The largest absolute Gasteiger partial charge is 0.478 e. The molecule has 3 aromatic carbocycles. The Labute approximate surface area is 169 Å². The quantitative estimate of drug-likeness (QED) is 0.714. The summed E-state index contributed by atoms with van der Waals surface area (Å²) in [5.41, 5.74) is 2.04. The zero-order valence-electron chi connectivity index (χ0n) is 16.1. The zero-order valence-corrected chi connectivity index (χ0v) is 16.1. The van der Waals surface area contributed by atoms with Gasteiger partial charge in [-0.1, -0.05) is 60.7 Å². The lowest BCUT2D eigenvalue weighted by atomic mass is 9.99. The van der Waals surface area contributed by atoms with Crippen LogP contribution in [0.3, 0.4) is 0 Å². The molecule has 0 saturated carbocycles. The number of rotatable bonds is 5. The van der Waals surface area contributed by atoms with Gasteiger partial charge in [-0.15, -0.1) is 0 Å². The van der Waals surface area contributed by atoms with Crippen LogP contribution >= 0.6 is 0 Å². The molecule has 0 bridgehead atoms. The van der Waals surface area contributed by atoms with Gasteiger partial charge in [0.25, 0.3) is 0 Å². The molecule has 0 aromatic heterocycles. The number of aryl methyl sites for hydroxylation is 1. The van der Waals surface area contributed by atoms with E-state index in [0.717, 1.165) is 16.3 Å². The zero-order chi connectivity index (χ0) is 20.2. The number of morpholine rings is 1. The molecule has 1 atom stereocenters. The monoisotopic (exact) mass is 389 g/mol. The minimum Gasteiger partial charge on any atom is -0.478 e. The first kappa shape index (κ1) is 19.2. The maximum Gasteiger partial charge on any atom is 0.335 e. The highest BCUT2D eigenvalue weighted by atomic mass is 16.5. The van der Waals surface area contributed by atoms with Gasteiger partial charge in [-0.25, -0.2) is 4.79 Å². The van der Waals surface area contributed by atoms with E-state index in [4.69, 9.17) is 4.74 Å². The van der Waals surface area contributed by atoms with E-state index in [1.807, 2.05) is 23.1 Å². The van der Waals surface area contributed by atoms with Crippen LogP contribution in [0.15, 0.2) is 66.7 Å². The molecule has 5 nitrogen and oxygen atoms in total. The number of hydrogen-bond donors (Lipinski definition) is 1. The molecule has 29 heavy (non-hydrogen) atoms. The van der Waals surface area contributed by atoms with Crippen molar-refractivity contribution in [3.05, 3.63) is 83.4 Å². The fourth-order valence-corrected chi connectivity index (χ4v) is 3.94. The number of aromatic carboxylic acids is 1. The van der Waals surface area contributed by atoms with Gasteiger partial charge in [0.05, 0.1) is 18.7 Å². The van der Waals surface area contributed by atoms with Crippen molar-refractivity contribution in [1.29, 1.82) is 0 Å². The Kier molecular flexibility index (Phi) is 5.58. The average Bonchev–Trinajstić information content (AvgIpc) is 2.77. The Balaban J connectivity index is 1.46. The first-order valence-corrected chi connectivity index (χ1v) is 9.82. The van der Waals surface area contributed by atoms with Gasteiger partial charge >= 0.3 is 5.97 Å². The minimum absolute atomic E-state index is 0.0266. The third-order valence-electron chi connectivity index (χ3n) is 5.45. The summed E-state index contributed by atoms with van der Waals surface area (Å²) < 4.78 is 5.99. The van der Waals surface area contributed by atoms with Crippen LogP contribution in [0.4, 0.5) is 0 Å². The number of benzene rings is 3. The number of carboxylic acids is 1. The van der Waals surface area contributed by atoms with Gasteiger partial charge in [-0.2, -0.15) is 0 Å². The highest BCUT2D eigenvalue weighted by Crippen LogP contribution is 2.29. The average molecular weight is 389 g/mol. The van der Waals surface area contributed by atoms with Crippen molar-refractivity contribution in [3.63, 3.8) is 0 Å². The molecule has 0 aliphatic carbocycles. The molecule has 3 aromatic rings. The lowest BCUT2D eigenvalue weighted by molar-refractivity contribution is -0.138. The van der Waals surface area contributed by atoms with Gasteiger partial charge in [-0.05, 0) is 34.4 Å². The van der Waals surface area contributed by atoms with Crippen molar-refractivity contribution < 1.29 is 19.4 Å². The first-order chi connectivity index (χ1) is 14.1. The molecule has 1 amide bonds. The maximum absolute atomic E-state index is 12.8. The second kappa shape index (κ2) is 8.45. The molecule has 1 fully saturated rings. The highest BCUT2D eigenvalue weighted by Gasteiger charge is 2.26. The van der Waals surface area contributed by atoms with Crippen LogP contribution in [0.1, 0.15) is 34.0 Å². The molecule has 148 valence electrons. The third-order valence-corrected chi connectivity index (χ3v) is 5.45. The molecule has 1 N–H and O–H groups in total. The minimum atomic E-state index is -0.963. The molecule has 0 radical (unpaired) electrons. The first-order valence-electron chi connectivity index (χ1n) is 9.82. The van der Waals surface area contributed by atoms with Crippen molar-refractivity contribution in [2.45, 2.75) is 18.9 Å². The maximum atomic E-state index is 12.8. The smallest absolute Gasteiger partial charge is 0.335 e. The van der Waals surface area contributed by atoms with E-state index in [2.05, 4.69) is 24.3 Å². The van der Waals surface area contributed by atoms with Crippen molar-refractivity contribution in [3.8, 4) is 0 Å². The molecule has 5 heteroatoms. The van der Waals surface area contributed by atoms with E-state index in [1.165, 1.54) is 0 Å². The van der Waals surface area contributed by atoms with Gasteiger partial charge in [0.15, 0.2) is 0 Å². The lowest BCUT2D eigenvalue weighted by Gasteiger charge is -2.34. The van der Waals surface area contributed by atoms with Crippen molar-refractivity contribution in [2.24, 2.45) is 0 Å². The Hall–Kier alpha value is -3.18. The van der Waals surface area contributed by atoms with Crippen LogP contribution in [0.5, 0.6) is 0 Å². The molecular formula is C24H23NO4. The Morgan fingerprint density at radius 2 is 1.76 bits per heavy atom. The van der Waals surface area contributed by atoms with Gasteiger partial charge in [0.2, 0.25) is 5.91 Å². The van der Waals surface area contributed by atoms with Crippen LogP contribution in [-0.4, -0.2) is 41.6 Å². The predicted molar refractivity (Wildman–Crippen MR) is 111 cm³/mol. The Morgan fingerprint density at radius 3 is 2.62 bits per heavy atom. The summed E-state index contributed by atoms with van der Waals surface area (Å²) in [5.74, 6) is -0.936. The summed E-state index contributed by atoms with van der Waals surface area (Å²) in [4.78, 5) is 26.0. The highest BCUT2D eigenvalue weighted by molar-refractivity contribution is 5.89. The van der Waals surface area contributed by atoms with E-state index >= 15 is 0 Å². The Morgan fingerprint density at radius 1 is 1.00 bits per heavy atom. The number of hydrogen-bond acceptors (Lipinski definition) is 3. The van der Waals surface area contributed by atoms with E-state index in [0.29, 0.717) is 31.7 Å². The van der Waals surface area contributed by atoms with E-state index in [1.54, 1.807) is 24.3 Å². The van der Waals surface area contributed by atoms with Crippen molar-refractivity contribution in [2.75, 3.05) is 19.7 Å².